The Morgan fingerprint density at radius 3 is 3.00 bits per heavy atom. The highest BCUT2D eigenvalue weighted by Gasteiger charge is 2.29. The molecular formula is C13H15N. The van der Waals surface area contributed by atoms with Gasteiger partial charge in [0.25, 0.3) is 0 Å². The first-order valence-electron chi connectivity index (χ1n) is 5.06. The Labute approximate surface area is 85.3 Å². The van der Waals surface area contributed by atoms with E-state index in [1.54, 1.807) is 0 Å². The molecule has 0 aliphatic heterocycles. The molecule has 2 unspecified atom stereocenters. The zero-order valence-corrected chi connectivity index (χ0v) is 8.46. The van der Waals surface area contributed by atoms with E-state index in [-0.39, 0.29) is 6.04 Å². The van der Waals surface area contributed by atoms with Crippen molar-refractivity contribution in [1.29, 1.82) is 0 Å². The number of hydrogen-bond donors (Lipinski definition) is 1. The van der Waals surface area contributed by atoms with Gasteiger partial charge in [0.05, 0.1) is 0 Å². The zero-order chi connectivity index (χ0) is 9.97. The van der Waals surface area contributed by atoms with Crippen molar-refractivity contribution in [2.75, 3.05) is 0 Å². The van der Waals surface area contributed by atoms with Crippen LogP contribution < -0.4 is 5.73 Å². The van der Waals surface area contributed by atoms with Crippen LogP contribution in [0.15, 0.2) is 24.3 Å². The highest BCUT2D eigenvalue weighted by molar-refractivity contribution is 5.41. The van der Waals surface area contributed by atoms with Gasteiger partial charge in [0.2, 0.25) is 0 Å². The van der Waals surface area contributed by atoms with E-state index in [0.29, 0.717) is 5.92 Å². The zero-order valence-electron chi connectivity index (χ0n) is 8.46. The number of nitrogens with two attached hydrogens (primary N) is 1. The third-order valence-electron chi connectivity index (χ3n) is 2.93. The van der Waals surface area contributed by atoms with Gasteiger partial charge in [0.1, 0.15) is 0 Å². The molecule has 1 aliphatic rings. The van der Waals surface area contributed by atoms with E-state index >= 15 is 0 Å². The van der Waals surface area contributed by atoms with Crippen molar-refractivity contribution in [3.63, 3.8) is 0 Å². The van der Waals surface area contributed by atoms with Crippen LogP contribution in [-0.4, -0.2) is 6.04 Å². The Hall–Kier alpha value is -1.26. The van der Waals surface area contributed by atoms with Crippen LogP contribution in [0.3, 0.4) is 0 Å². The van der Waals surface area contributed by atoms with Crippen LogP contribution in [0.2, 0.25) is 0 Å². The third-order valence-corrected chi connectivity index (χ3v) is 2.93. The number of rotatable bonds is 2. The quantitative estimate of drug-likeness (QED) is 0.701. The Kier molecular flexibility index (Phi) is 2.56. The van der Waals surface area contributed by atoms with E-state index in [0.717, 1.165) is 12.8 Å². The molecule has 72 valence electrons. The maximum atomic E-state index is 6.08. The summed E-state index contributed by atoms with van der Waals surface area (Å²) in [7, 11) is 0. The first kappa shape index (κ1) is 9.30. The van der Waals surface area contributed by atoms with Crippen LogP contribution in [0.4, 0.5) is 0 Å². The van der Waals surface area contributed by atoms with E-state index in [1.807, 2.05) is 6.92 Å². The fourth-order valence-electron chi connectivity index (χ4n) is 2.04. The molecule has 0 aromatic heterocycles. The third kappa shape index (κ3) is 1.54. The molecular weight excluding hydrogens is 170 g/mol. The van der Waals surface area contributed by atoms with Gasteiger partial charge in [0.15, 0.2) is 0 Å². The van der Waals surface area contributed by atoms with Gasteiger partial charge in [-0.2, -0.15) is 0 Å². The maximum Gasteiger partial charge on any atom is 0.0247 e. The van der Waals surface area contributed by atoms with Gasteiger partial charge in [-0.25, -0.2) is 0 Å². The fraction of sp³-hybridized carbons (Fsp3) is 0.385. The number of fused-ring (bicyclic) bond motifs is 1. The average Bonchev–Trinajstić information content (AvgIpc) is 2.17. The molecule has 1 nitrogen and oxygen atoms in total. The highest BCUT2D eigenvalue weighted by atomic mass is 14.7. The van der Waals surface area contributed by atoms with E-state index in [1.165, 1.54) is 11.1 Å². The minimum absolute atomic E-state index is 0.206. The van der Waals surface area contributed by atoms with E-state index in [2.05, 4.69) is 36.1 Å². The molecule has 2 rings (SSSR count). The van der Waals surface area contributed by atoms with Crippen LogP contribution in [0.5, 0.6) is 0 Å². The summed E-state index contributed by atoms with van der Waals surface area (Å²) in [5, 5.41) is 0. The monoisotopic (exact) mass is 185 g/mol. The van der Waals surface area contributed by atoms with Gasteiger partial charge in [-0.15, -0.1) is 11.8 Å². The summed E-state index contributed by atoms with van der Waals surface area (Å²) in [4.78, 5) is 0. The van der Waals surface area contributed by atoms with Gasteiger partial charge in [0, 0.05) is 18.4 Å². The lowest BCUT2D eigenvalue weighted by molar-refractivity contribution is 0.490. The van der Waals surface area contributed by atoms with Crippen molar-refractivity contribution >= 4 is 0 Å². The molecule has 14 heavy (non-hydrogen) atoms. The molecule has 1 aromatic rings. The van der Waals surface area contributed by atoms with Crippen LogP contribution in [0.25, 0.3) is 0 Å². The van der Waals surface area contributed by atoms with Crippen molar-refractivity contribution in [2.24, 2.45) is 5.73 Å². The van der Waals surface area contributed by atoms with Crippen molar-refractivity contribution in [1.82, 2.24) is 0 Å². The van der Waals surface area contributed by atoms with Crippen LogP contribution in [-0.2, 0) is 6.42 Å². The van der Waals surface area contributed by atoms with Gasteiger partial charge in [-0.3, -0.25) is 0 Å². The van der Waals surface area contributed by atoms with Gasteiger partial charge in [-0.1, -0.05) is 24.3 Å². The van der Waals surface area contributed by atoms with E-state index in [4.69, 9.17) is 5.73 Å². The van der Waals surface area contributed by atoms with Crippen molar-refractivity contribution < 1.29 is 0 Å². The van der Waals surface area contributed by atoms with E-state index < -0.39 is 0 Å². The molecule has 0 bridgehead atoms. The van der Waals surface area contributed by atoms with Gasteiger partial charge < -0.3 is 5.73 Å². The minimum Gasteiger partial charge on any atom is -0.326 e. The topological polar surface area (TPSA) is 26.0 Å². The summed E-state index contributed by atoms with van der Waals surface area (Å²) in [5.41, 5.74) is 8.96. The lowest BCUT2D eigenvalue weighted by Gasteiger charge is -2.33. The maximum absolute atomic E-state index is 6.08. The fourth-order valence-corrected chi connectivity index (χ4v) is 2.04. The van der Waals surface area contributed by atoms with Crippen molar-refractivity contribution in [2.45, 2.75) is 31.7 Å². The minimum atomic E-state index is 0.206. The van der Waals surface area contributed by atoms with Gasteiger partial charge >= 0.3 is 0 Å². The van der Waals surface area contributed by atoms with Crippen LogP contribution in [0.1, 0.15) is 30.4 Å². The molecule has 0 amide bonds. The van der Waals surface area contributed by atoms with Gasteiger partial charge in [-0.05, 0) is 24.5 Å². The Morgan fingerprint density at radius 1 is 1.50 bits per heavy atom. The van der Waals surface area contributed by atoms with Crippen LogP contribution in [0, 0.1) is 11.8 Å². The summed E-state index contributed by atoms with van der Waals surface area (Å²) >= 11 is 0. The summed E-state index contributed by atoms with van der Waals surface area (Å²) in [5.74, 6) is 6.48. The Balaban J connectivity index is 2.06. The molecule has 0 spiro atoms. The molecule has 1 heteroatoms. The second-order valence-corrected chi connectivity index (χ2v) is 3.80. The van der Waals surface area contributed by atoms with Crippen molar-refractivity contribution in [3.05, 3.63) is 35.4 Å². The standard InChI is InChI=1S/C13H15N/c1-2-3-8-13(14)12-9-10-6-4-5-7-11(10)12/h4-7,12-13H,8-9,14H2,1H3. The molecule has 0 fully saturated rings. The summed E-state index contributed by atoms with van der Waals surface area (Å²) in [6, 6.07) is 8.75. The first-order valence-corrected chi connectivity index (χ1v) is 5.06. The molecule has 0 radical (unpaired) electrons. The summed E-state index contributed by atoms with van der Waals surface area (Å²) < 4.78 is 0. The predicted molar refractivity (Wildman–Crippen MR) is 58.9 cm³/mol. The number of benzene rings is 1. The Bertz CT molecular complexity index is 384. The summed E-state index contributed by atoms with van der Waals surface area (Å²) in [6.45, 7) is 1.86. The van der Waals surface area contributed by atoms with Crippen LogP contribution >= 0.6 is 0 Å². The second kappa shape index (κ2) is 3.86. The lowest BCUT2D eigenvalue weighted by Crippen LogP contribution is -2.35. The highest BCUT2D eigenvalue weighted by Crippen LogP contribution is 2.37. The first-order chi connectivity index (χ1) is 6.83. The molecule has 0 heterocycles. The predicted octanol–water partition coefficient (Wildman–Crippen LogP) is 2.07. The average molecular weight is 185 g/mol. The number of hydrogen-bond acceptors (Lipinski definition) is 1. The molecule has 1 aromatic carbocycles. The SMILES string of the molecule is CC#CCC(N)C1Cc2ccccc21. The van der Waals surface area contributed by atoms with Crippen molar-refractivity contribution in [3.8, 4) is 11.8 Å². The molecule has 1 aliphatic carbocycles. The molecule has 2 N–H and O–H groups in total. The lowest BCUT2D eigenvalue weighted by atomic mass is 9.73. The smallest absolute Gasteiger partial charge is 0.0247 e. The molecule has 0 saturated heterocycles. The van der Waals surface area contributed by atoms with E-state index in [9.17, 15) is 0 Å². The summed E-state index contributed by atoms with van der Waals surface area (Å²) in [6.07, 6.45) is 1.94. The second-order valence-electron chi connectivity index (χ2n) is 3.80. The molecule has 0 saturated carbocycles. The largest absolute Gasteiger partial charge is 0.326 e. The normalized spacial score (nSPS) is 20.0. The molecule has 2 atom stereocenters. The Morgan fingerprint density at radius 2 is 2.29 bits per heavy atom.